The van der Waals surface area contributed by atoms with Crippen molar-refractivity contribution in [3.63, 3.8) is 0 Å². The van der Waals surface area contributed by atoms with Crippen LogP contribution in [0.25, 0.3) is 16.9 Å². The number of hydrogen-bond donors (Lipinski definition) is 2. The molecule has 4 aromatic rings. The first-order valence-corrected chi connectivity index (χ1v) is 12.5. The summed E-state index contributed by atoms with van der Waals surface area (Å²) in [6.45, 7) is 2.34. The van der Waals surface area contributed by atoms with Gasteiger partial charge in [-0.1, -0.05) is 18.2 Å². The van der Waals surface area contributed by atoms with Gasteiger partial charge in [0.1, 0.15) is 23.8 Å². The number of nitrogens with zero attached hydrogens (tertiary/aromatic N) is 7. The minimum Gasteiger partial charge on any atom is -0.381 e. The molecule has 4 heterocycles. The summed E-state index contributed by atoms with van der Waals surface area (Å²) in [6.07, 6.45) is 1.25. The molecule has 12 heteroatoms. The molecule has 2 unspecified atom stereocenters. The molecule has 0 bridgehead atoms. The minimum atomic E-state index is -1.50. The van der Waals surface area contributed by atoms with E-state index >= 15 is 4.39 Å². The summed E-state index contributed by atoms with van der Waals surface area (Å²) in [7, 11) is 0. The number of halogens is 2. The van der Waals surface area contributed by atoms with E-state index in [0.29, 0.717) is 38.2 Å². The monoisotopic (exact) mass is 530 g/mol. The molecule has 10 nitrogen and oxygen atoms in total. The quantitative estimate of drug-likeness (QED) is 0.402. The third-order valence-corrected chi connectivity index (χ3v) is 7.39. The first kappa shape index (κ1) is 24.8. The molecule has 2 aliphatic rings. The second kappa shape index (κ2) is 9.68. The lowest BCUT2D eigenvalue weighted by atomic mass is 10.00. The van der Waals surface area contributed by atoms with Crippen molar-refractivity contribution in [2.75, 3.05) is 25.4 Å². The van der Waals surface area contributed by atoms with Crippen molar-refractivity contribution in [3.05, 3.63) is 76.7 Å². The third kappa shape index (κ3) is 4.35. The van der Waals surface area contributed by atoms with Crippen LogP contribution in [0, 0.1) is 23.0 Å². The maximum atomic E-state index is 15.1. The van der Waals surface area contributed by atoms with Crippen molar-refractivity contribution >= 4 is 17.4 Å². The fourth-order valence-corrected chi connectivity index (χ4v) is 5.46. The van der Waals surface area contributed by atoms with Gasteiger partial charge in [-0.3, -0.25) is 9.69 Å². The summed E-state index contributed by atoms with van der Waals surface area (Å²) in [4.78, 5) is 24.6. The average Bonchev–Trinajstić information content (AvgIpc) is 3.52. The van der Waals surface area contributed by atoms with Gasteiger partial charge in [0.2, 0.25) is 5.91 Å². The molecule has 2 aromatic carbocycles. The van der Waals surface area contributed by atoms with E-state index in [9.17, 15) is 14.3 Å². The topological polar surface area (TPSA) is 137 Å². The Bertz CT molecular complexity index is 1650. The molecular weight excluding hydrogens is 506 g/mol. The van der Waals surface area contributed by atoms with Crippen molar-refractivity contribution in [2.24, 2.45) is 0 Å². The molecule has 0 spiro atoms. The average molecular weight is 531 g/mol. The van der Waals surface area contributed by atoms with Gasteiger partial charge in [-0.2, -0.15) is 5.26 Å². The van der Waals surface area contributed by atoms with E-state index in [-0.39, 0.29) is 51.6 Å². The fraction of sp³-hybridized carbons (Fsp3) is 0.296. The number of hydrogen-bond acceptors (Lipinski definition) is 8. The molecule has 6 rings (SSSR count). The predicted molar refractivity (Wildman–Crippen MR) is 136 cm³/mol. The van der Waals surface area contributed by atoms with E-state index in [1.54, 1.807) is 18.2 Å². The molecule has 2 atom stereocenters. The maximum Gasteiger partial charge on any atom is 0.222 e. The summed E-state index contributed by atoms with van der Waals surface area (Å²) >= 11 is 0. The van der Waals surface area contributed by atoms with Crippen LogP contribution in [0.5, 0.6) is 0 Å². The minimum absolute atomic E-state index is 0.0536. The number of anilines is 1. The van der Waals surface area contributed by atoms with Gasteiger partial charge in [0.05, 0.1) is 17.5 Å². The maximum absolute atomic E-state index is 15.1. The Labute approximate surface area is 221 Å². The van der Waals surface area contributed by atoms with Gasteiger partial charge in [-0.05, 0) is 30.2 Å². The summed E-state index contributed by atoms with van der Waals surface area (Å²) in [6, 6.07) is 10.9. The standard InChI is InChI=1S/C27H24F2N8O2/c28-19-6-2-4-16(12-35-9-10-36-17(13-35)7-8-21(36)38)22(19)24(39)26-33-27-25(31)32-20(14-37(27)34-26)18-5-1-3-15(11-30)23(18)29/h1-6,14,17,24,39H,7-10,12-13H2,(H2,31,32). The number of nitrogen functional groups attached to an aromatic ring is 1. The molecule has 0 saturated carbocycles. The van der Waals surface area contributed by atoms with E-state index in [2.05, 4.69) is 20.0 Å². The van der Waals surface area contributed by atoms with Crippen molar-refractivity contribution in [1.82, 2.24) is 29.4 Å². The summed E-state index contributed by atoms with van der Waals surface area (Å²) < 4.78 is 31.2. The van der Waals surface area contributed by atoms with Crippen LogP contribution in [0.1, 0.15) is 41.5 Å². The van der Waals surface area contributed by atoms with Crippen LogP contribution in [0.4, 0.5) is 14.6 Å². The van der Waals surface area contributed by atoms with E-state index in [4.69, 9.17) is 11.0 Å². The number of aliphatic hydroxyl groups excluding tert-OH is 1. The van der Waals surface area contributed by atoms with E-state index in [1.807, 2.05) is 4.90 Å². The zero-order valence-electron chi connectivity index (χ0n) is 20.8. The molecule has 39 heavy (non-hydrogen) atoms. The van der Waals surface area contributed by atoms with Gasteiger partial charge < -0.3 is 15.7 Å². The lowest BCUT2D eigenvalue weighted by molar-refractivity contribution is -0.130. The first-order chi connectivity index (χ1) is 18.8. The molecule has 0 radical (unpaired) electrons. The van der Waals surface area contributed by atoms with Crippen molar-refractivity contribution in [3.8, 4) is 17.3 Å². The normalized spacial score (nSPS) is 18.4. The Morgan fingerprint density at radius 2 is 2.00 bits per heavy atom. The molecule has 2 saturated heterocycles. The number of nitriles is 1. The predicted octanol–water partition coefficient (Wildman–Crippen LogP) is 2.41. The molecule has 198 valence electrons. The van der Waals surface area contributed by atoms with Crippen LogP contribution in [0.15, 0.2) is 42.6 Å². The Hall–Kier alpha value is -4.47. The van der Waals surface area contributed by atoms with Crippen LogP contribution in [0.3, 0.4) is 0 Å². The molecule has 3 N–H and O–H groups in total. The zero-order chi connectivity index (χ0) is 27.3. The highest BCUT2D eigenvalue weighted by molar-refractivity contribution is 5.79. The molecule has 0 aliphatic carbocycles. The number of piperazine rings is 1. The lowest BCUT2D eigenvalue weighted by Gasteiger charge is -2.37. The SMILES string of the molecule is N#Cc1cccc(-c2cn3nc(C(O)c4c(F)cccc4CN4CCN5C(=O)CCC5C4)nc3c(N)n2)c1F. The van der Waals surface area contributed by atoms with Crippen molar-refractivity contribution in [2.45, 2.75) is 31.5 Å². The van der Waals surface area contributed by atoms with Crippen LogP contribution < -0.4 is 5.73 Å². The van der Waals surface area contributed by atoms with Gasteiger partial charge >= 0.3 is 0 Å². The van der Waals surface area contributed by atoms with Crippen LogP contribution >= 0.6 is 0 Å². The Kier molecular flexibility index (Phi) is 6.17. The molecule has 2 fully saturated rings. The van der Waals surface area contributed by atoms with E-state index < -0.39 is 17.7 Å². The molecule has 2 aliphatic heterocycles. The van der Waals surface area contributed by atoms with Gasteiger partial charge in [-0.15, -0.1) is 5.10 Å². The number of aromatic nitrogens is 4. The number of fused-ring (bicyclic) bond motifs is 2. The number of rotatable bonds is 5. The second-order valence-corrected chi connectivity index (χ2v) is 9.76. The van der Waals surface area contributed by atoms with E-state index in [0.717, 1.165) is 6.42 Å². The number of aliphatic hydroxyl groups is 1. The smallest absolute Gasteiger partial charge is 0.222 e. The Balaban J connectivity index is 1.32. The van der Waals surface area contributed by atoms with Crippen LogP contribution in [0.2, 0.25) is 0 Å². The van der Waals surface area contributed by atoms with Gasteiger partial charge in [-0.25, -0.2) is 23.3 Å². The summed E-state index contributed by atoms with van der Waals surface area (Å²) in [5.74, 6) is -1.33. The Morgan fingerprint density at radius 1 is 1.18 bits per heavy atom. The van der Waals surface area contributed by atoms with Gasteiger partial charge in [0.15, 0.2) is 17.3 Å². The van der Waals surface area contributed by atoms with Crippen LogP contribution in [-0.2, 0) is 11.3 Å². The van der Waals surface area contributed by atoms with Gasteiger partial charge in [0, 0.05) is 49.8 Å². The Morgan fingerprint density at radius 3 is 2.82 bits per heavy atom. The first-order valence-electron chi connectivity index (χ1n) is 12.5. The third-order valence-electron chi connectivity index (χ3n) is 7.39. The number of carbonyl (C=O) groups excluding carboxylic acids is 1. The number of nitrogens with two attached hydrogens (primary N) is 1. The second-order valence-electron chi connectivity index (χ2n) is 9.76. The van der Waals surface area contributed by atoms with Crippen LogP contribution in [-0.4, -0.2) is 66.1 Å². The highest BCUT2D eigenvalue weighted by atomic mass is 19.1. The highest BCUT2D eigenvalue weighted by Gasteiger charge is 2.36. The van der Waals surface area contributed by atoms with Gasteiger partial charge in [0.25, 0.3) is 0 Å². The molecule has 1 amide bonds. The zero-order valence-corrected chi connectivity index (χ0v) is 20.8. The largest absolute Gasteiger partial charge is 0.381 e. The van der Waals surface area contributed by atoms with Crippen molar-refractivity contribution < 1.29 is 18.7 Å². The molecular formula is C27H24F2N8O2. The number of amides is 1. The lowest BCUT2D eigenvalue weighted by Crippen LogP contribution is -2.51. The van der Waals surface area contributed by atoms with E-state index in [1.165, 1.54) is 35.0 Å². The summed E-state index contributed by atoms with van der Waals surface area (Å²) in [5.41, 5.74) is 6.88. The molecule has 2 aromatic heterocycles. The highest BCUT2D eigenvalue weighted by Crippen LogP contribution is 2.31. The van der Waals surface area contributed by atoms with Crippen molar-refractivity contribution in [1.29, 1.82) is 5.26 Å². The number of carbonyl (C=O) groups is 1. The summed E-state index contributed by atoms with van der Waals surface area (Å²) in [5, 5.41) is 24.7. The number of benzene rings is 2. The fourth-order valence-electron chi connectivity index (χ4n) is 5.46.